The van der Waals surface area contributed by atoms with Crippen molar-refractivity contribution in [1.29, 1.82) is 0 Å². The summed E-state index contributed by atoms with van der Waals surface area (Å²) in [6.45, 7) is 12.4. The Balaban J connectivity index is 1.27. The van der Waals surface area contributed by atoms with Gasteiger partial charge in [0.15, 0.2) is 25.7 Å². The monoisotopic (exact) mass is 706 g/mol. The van der Waals surface area contributed by atoms with Gasteiger partial charge in [-0.05, 0) is 49.0 Å². The van der Waals surface area contributed by atoms with Gasteiger partial charge in [-0.2, -0.15) is 5.10 Å². The number of halogens is 3. The zero-order chi connectivity index (χ0) is 34.8. The fourth-order valence-corrected chi connectivity index (χ4v) is 6.20. The van der Waals surface area contributed by atoms with Crippen molar-refractivity contribution in [1.82, 2.24) is 24.7 Å². The Bertz CT molecular complexity index is 1920. The highest BCUT2D eigenvalue weighted by Gasteiger charge is 2.36. The van der Waals surface area contributed by atoms with Gasteiger partial charge in [-0.15, -0.1) is 0 Å². The molecule has 3 aromatic heterocycles. The summed E-state index contributed by atoms with van der Waals surface area (Å²) in [5, 5.41) is 9.25. The van der Waals surface area contributed by atoms with Gasteiger partial charge in [0.05, 0.1) is 42.2 Å². The molecule has 3 heterocycles. The van der Waals surface area contributed by atoms with E-state index in [1.165, 1.54) is 18.3 Å². The van der Waals surface area contributed by atoms with Crippen LogP contribution in [0.5, 0.6) is 11.5 Å². The molecule has 0 bridgehead atoms. The smallest absolute Gasteiger partial charge is 0.191 e. The topological polar surface area (TPSA) is 96.2 Å². The number of para-hydroxylation sites is 1. The van der Waals surface area contributed by atoms with E-state index in [4.69, 9.17) is 35.6 Å². The minimum atomic E-state index is -1.88. The van der Waals surface area contributed by atoms with E-state index >= 15 is 8.78 Å². The molecule has 13 heteroatoms. The maximum atomic E-state index is 15.2. The number of pyridine rings is 1. The first-order valence-corrected chi connectivity index (χ1v) is 19.8. The number of nitrogens with one attached hydrogen (secondary N) is 1. The molecule has 0 atom stereocenters. The molecule has 0 spiro atoms. The number of hydrogen-bond donors (Lipinski definition) is 1. The summed E-state index contributed by atoms with van der Waals surface area (Å²) < 4.78 is 50.1. The first-order valence-electron chi connectivity index (χ1n) is 16.5. The largest absolute Gasteiger partial charge is 0.493 e. The summed E-state index contributed by atoms with van der Waals surface area (Å²) >= 11 is 6.43. The van der Waals surface area contributed by atoms with Crippen molar-refractivity contribution in [2.75, 3.05) is 25.1 Å². The summed E-state index contributed by atoms with van der Waals surface area (Å²) in [7, 11) is -1.88. The van der Waals surface area contributed by atoms with Gasteiger partial charge in [0, 0.05) is 48.5 Å². The summed E-state index contributed by atoms with van der Waals surface area (Å²) in [6.07, 6.45) is 7.58. The molecule has 258 valence electrons. The van der Waals surface area contributed by atoms with Crippen molar-refractivity contribution in [3.63, 3.8) is 0 Å². The van der Waals surface area contributed by atoms with E-state index < -0.39 is 20.0 Å². The van der Waals surface area contributed by atoms with Gasteiger partial charge in [0.2, 0.25) is 0 Å². The molecule has 0 amide bonds. The van der Waals surface area contributed by atoms with Crippen LogP contribution in [0.1, 0.15) is 45.6 Å². The van der Waals surface area contributed by atoms with E-state index in [2.05, 4.69) is 49.1 Å². The highest BCUT2D eigenvalue weighted by molar-refractivity contribution is 6.74. The number of rotatable bonds is 14. The van der Waals surface area contributed by atoms with E-state index in [0.717, 1.165) is 18.2 Å². The fourth-order valence-electron chi connectivity index (χ4n) is 4.94. The molecule has 1 aliphatic rings. The molecule has 0 aliphatic heterocycles. The fraction of sp³-hybridized carbons (Fsp3) is 0.389. The Morgan fingerprint density at radius 3 is 2.49 bits per heavy atom. The van der Waals surface area contributed by atoms with Gasteiger partial charge in [-0.3, -0.25) is 9.67 Å². The first-order chi connectivity index (χ1) is 23.4. The van der Waals surface area contributed by atoms with Crippen LogP contribution in [0.2, 0.25) is 23.2 Å². The molecular formula is C36H41ClF2N6O3Si. The predicted octanol–water partition coefficient (Wildman–Crippen LogP) is 9.19. The summed E-state index contributed by atoms with van der Waals surface area (Å²) in [4.78, 5) is 13.5. The van der Waals surface area contributed by atoms with Crippen molar-refractivity contribution >= 4 is 42.3 Å². The minimum Gasteiger partial charge on any atom is -0.493 e. The van der Waals surface area contributed by atoms with Crippen LogP contribution in [-0.2, 0) is 11.0 Å². The van der Waals surface area contributed by atoms with E-state index in [1.807, 2.05) is 24.3 Å². The standard InChI is InChI=1S/C36H41ClF2N6O3Si/c1-36(2,3)49(4,5)48-16-8-15-46-32-20-41-35(43-34(32)42-30-13-14-40-19-27(30)37)33-25-9-6-7-10-31(25)45(44-33)21-26-28(38)17-24(18-29(26)39)47-22-23-11-12-23/h6-7,9-10,13-14,17-20,23H,8,11-12,15-16,21-22H2,1-5H3,(H,40,41,42,43). The second-order valence-corrected chi connectivity index (χ2v) is 19.1. The number of fused-ring (bicyclic) bond motifs is 1. The van der Waals surface area contributed by atoms with E-state index in [1.54, 1.807) is 23.1 Å². The Morgan fingerprint density at radius 2 is 1.78 bits per heavy atom. The lowest BCUT2D eigenvalue weighted by Crippen LogP contribution is -2.41. The van der Waals surface area contributed by atoms with E-state index in [9.17, 15) is 0 Å². The van der Waals surface area contributed by atoms with Gasteiger partial charge >= 0.3 is 0 Å². The van der Waals surface area contributed by atoms with Crippen molar-refractivity contribution in [3.8, 4) is 23.0 Å². The second kappa shape index (κ2) is 14.4. The Hall–Kier alpha value is -4.13. The van der Waals surface area contributed by atoms with Gasteiger partial charge in [-0.1, -0.05) is 50.6 Å². The number of aromatic nitrogens is 5. The lowest BCUT2D eigenvalue weighted by atomic mass is 10.1. The van der Waals surface area contributed by atoms with Crippen molar-refractivity contribution in [3.05, 3.63) is 83.3 Å². The Kier molecular flexibility index (Phi) is 10.2. The third-order valence-corrected chi connectivity index (χ3v) is 13.9. The number of hydrogen-bond acceptors (Lipinski definition) is 8. The third kappa shape index (κ3) is 8.19. The van der Waals surface area contributed by atoms with Crippen molar-refractivity contribution in [2.24, 2.45) is 5.92 Å². The Labute approximate surface area is 291 Å². The van der Waals surface area contributed by atoms with Crippen LogP contribution in [-0.4, -0.2) is 52.9 Å². The van der Waals surface area contributed by atoms with E-state index in [-0.39, 0.29) is 22.9 Å². The molecular weight excluding hydrogens is 666 g/mol. The van der Waals surface area contributed by atoms with Crippen LogP contribution in [0.25, 0.3) is 22.4 Å². The third-order valence-electron chi connectivity index (χ3n) is 9.07. The summed E-state index contributed by atoms with van der Waals surface area (Å²) in [5.74, 6) is 0.347. The van der Waals surface area contributed by atoms with Gasteiger partial charge < -0.3 is 19.2 Å². The quantitative estimate of drug-likeness (QED) is 0.0902. The lowest BCUT2D eigenvalue weighted by molar-refractivity contribution is 0.233. The first kappa shape index (κ1) is 34.7. The molecule has 1 saturated carbocycles. The molecule has 2 aromatic carbocycles. The molecule has 1 aliphatic carbocycles. The van der Waals surface area contributed by atoms with E-state index in [0.29, 0.717) is 71.5 Å². The molecule has 1 fully saturated rings. The minimum absolute atomic E-state index is 0.115. The second-order valence-electron chi connectivity index (χ2n) is 13.8. The van der Waals surface area contributed by atoms with Crippen molar-refractivity contribution < 1.29 is 22.7 Å². The van der Waals surface area contributed by atoms with Crippen LogP contribution in [0.3, 0.4) is 0 Å². The maximum absolute atomic E-state index is 15.2. The zero-order valence-electron chi connectivity index (χ0n) is 28.4. The number of benzene rings is 2. The molecule has 9 nitrogen and oxygen atoms in total. The zero-order valence-corrected chi connectivity index (χ0v) is 30.2. The normalized spacial score (nSPS) is 13.6. The SMILES string of the molecule is CC(C)(C)[Si](C)(C)OCCCOc1cnc(-c2nn(Cc3c(F)cc(OCC4CC4)cc3F)c3ccccc23)nc1Nc1ccncc1Cl. The van der Waals surface area contributed by atoms with Gasteiger partial charge in [-0.25, -0.2) is 18.7 Å². The molecule has 1 N–H and O–H groups in total. The molecule has 6 rings (SSSR count). The molecule has 49 heavy (non-hydrogen) atoms. The number of anilines is 2. The predicted molar refractivity (Wildman–Crippen MR) is 190 cm³/mol. The molecule has 5 aromatic rings. The average Bonchev–Trinajstić information content (AvgIpc) is 3.82. The molecule has 0 saturated heterocycles. The Morgan fingerprint density at radius 1 is 1.02 bits per heavy atom. The molecule has 0 unspecified atom stereocenters. The van der Waals surface area contributed by atoms with Crippen LogP contribution >= 0.6 is 11.6 Å². The number of ether oxygens (including phenoxy) is 2. The summed E-state index contributed by atoms with van der Waals surface area (Å²) in [5.41, 5.74) is 1.58. The van der Waals surface area contributed by atoms with Crippen molar-refractivity contribution in [2.45, 2.75) is 64.7 Å². The highest BCUT2D eigenvalue weighted by Crippen LogP contribution is 2.37. The summed E-state index contributed by atoms with van der Waals surface area (Å²) in [6, 6.07) is 11.6. The van der Waals surface area contributed by atoms with Crippen LogP contribution in [0.4, 0.5) is 20.3 Å². The van der Waals surface area contributed by atoms with Crippen LogP contribution in [0, 0.1) is 17.6 Å². The van der Waals surface area contributed by atoms with Gasteiger partial charge in [0.25, 0.3) is 0 Å². The van der Waals surface area contributed by atoms with Gasteiger partial charge in [0.1, 0.15) is 23.1 Å². The number of nitrogens with zero attached hydrogens (tertiary/aromatic N) is 5. The van der Waals surface area contributed by atoms with Crippen LogP contribution < -0.4 is 14.8 Å². The van der Waals surface area contributed by atoms with Crippen LogP contribution in [0.15, 0.2) is 61.1 Å². The lowest BCUT2D eigenvalue weighted by Gasteiger charge is -2.36. The molecule has 0 radical (unpaired) electrons. The highest BCUT2D eigenvalue weighted by atomic mass is 35.5. The average molecular weight is 707 g/mol. The maximum Gasteiger partial charge on any atom is 0.191 e.